The van der Waals surface area contributed by atoms with E-state index in [1.807, 2.05) is 0 Å². The van der Waals surface area contributed by atoms with E-state index in [1.54, 1.807) is 0 Å². The van der Waals surface area contributed by atoms with Crippen molar-refractivity contribution in [3.63, 3.8) is 0 Å². The average Bonchev–Trinajstić information content (AvgIpc) is 2.34. The number of nitrogens with one attached hydrogen (secondary N) is 2. The van der Waals surface area contributed by atoms with E-state index in [9.17, 15) is 19.7 Å². The first kappa shape index (κ1) is 13.4. The van der Waals surface area contributed by atoms with Crippen molar-refractivity contribution in [3.05, 3.63) is 33.9 Å². The Balaban J connectivity index is 2.96. The zero-order chi connectivity index (χ0) is 13.7. The predicted molar refractivity (Wildman–Crippen MR) is 63.9 cm³/mol. The second kappa shape index (κ2) is 5.62. The van der Waals surface area contributed by atoms with Gasteiger partial charge in [0, 0.05) is 7.05 Å². The van der Waals surface area contributed by atoms with Crippen molar-refractivity contribution in [3.8, 4) is 0 Å². The van der Waals surface area contributed by atoms with E-state index in [1.165, 1.54) is 25.2 Å². The molecule has 8 nitrogen and oxygen atoms in total. The minimum absolute atomic E-state index is 0.104. The van der Waals surface area contributed by atoms with Gasteiger partial charge in [0.15, 0.2) is 0 Å². The number of amides is 2. The Labute approximate surface area is 102 Å². The molecule has 0 fully saturated rings. The van der Waals surface area contributed by atoms with Crippen molar-refractivity contribution in [2.24, 2.45) is 0 Å². The maximum absolute atomic E-state index is 11.7. The molecule has 1 rings (SSSR count). The van der Waals surface area contributed by atoms with E-state index in [2.05, 4.69) is 10.6 Å². The van der Waals surface area contributed by atoms with E-state index in [4.69, 9.17) is 5.73 Å². The number of nitro groups is 1. The predicted octanol–water partition coefficient (Wildman–Crippen LogP) is -0.347. The number of nitro benzene ring substituents is 1. The molecule has 0 aliphatic carbocycles. The van der Waals surface area contributed by atoms with Crippen LogP contribution in [0.2, 0.25) is 0 Å². The van der Waals surface area contributed by atoms with Crippen LogP contribution in [0.25, 0.3) is 0 Å². The molecule has 2 amide bonds. The van der Waals surface area contributed by atoms with Crippen molar-refractivity contribution in [2.75, 3.05) is 19.3 Å². The molecule has 0 aliphatic rings. The Bertz CT molecular complexity index is 501. The average molecular weight is 252 g/mol. The van der Waals surface area contributed by atoms with Gasteiger partial charge in [-0.25, -0.2) is 0 Å². The maximum atomic E-state index is 11.7. The van der Waals surface area contributed by atoms with Gasteiger partial charge in [0.2, 0.25) is 5.91 Å². The lowest BCUT2D eigenvalue weighted by Gasteiger charge is -2.06. The van der Waals surface area contributed by atoms with Gasteiger partial charge in [0.05, 0.1) is 11.5 Å². The minimum atomic E-state index is -0.732. The number of benzene rings is 1. The summed E-state index contributed by atoms with van der Waals surface area (Å²) < 4.78 is 0. The van der Waals surface area contributed by atoms with Gasteiger partial charge in [0.1, 0.15) is 11.3 Å². The molecule has 0 unspecified atom stereocenters. The largest absolute Gasteiger partial charge is 0.393 e. The standard InChI is InChI=1S/C10H12N4O4/c1-12-8(15)5-13-10(16)6-3-2-4-7(11)9(6)14(17)18/h2-4H,5,11H2,1H3,(H,12,15)(H,13,16). The molecule has 18 heavy (non-hydrogen) atoms. The number of hydrogen-bond acceptors (Lipinski definition) is 5. The molecule has 1 aromatic rings. The number of nitrogens with two attached hydrogens (primary N) is 1. The molecular weight excluding hydrogens is 240 g/mol. The molecule has 0 saturated carbocycles. The molecule has 0 saturated heterocycles. The van der Waals surface area contributed by atoms with Crippen molar-refractivity contribution in [2.45, 2.75) is 0 Å². The molecule has 0 heterocycles. The number of hydrogen-bond donors (Lipinski definition) is 3. The summed E-state index contributed by atoms with van der Waals surface area (Å²) in [6.45, 7) is -0.263. The zero-order valence-electron chi connectivity index (χ0n) is 9.60. The molecular formula is C10H12N4O4. The highest BCUT2D eigenvalue weighted by Crippen LogP contribution is 2.25. The number of para-hydroxylation sites is 1. The fraction of sp³-hybridized carbons (Fsp3) is 0.200. The van der Waals surface area contributed by atoms with E-state index in [-0.39, 0.29) is 17.8 Å². The SMILES string of the molecule is CNC(=O)CNC(=O)c1cccc(N)c1[N+](=O)[O-]. The molecule has 4 N–H and O–H groups in total. The molecule has 0 aliphatic heterocycles. The van der Waals surface area contributed by atoms with Crippen LogP contribution in [0.15, 0.2) is 18.2 Å². The number of rotatable bonds is 4. The summed E-state index contributed by atoms with van der Waals surface area (Å²) >= 11 is 0. The third-order valence-electron chi connectivity index (χ3n) is 2.18. The number of anilines is 1. The first-order chi connectivity index (χ1) is 8.47. The van der Waals surface area contributed by atoms with Gasteiger partial charge in [0.25, 0.3) is 5.91 Å². The van der Waals surface area contributed by atoms with Crippen LogP contribution in [0.1, 0.15) is 10.4 Å². The summed E-state index contributed by atoms with van der Waals surface area (Å²) in [6.07, 6.45) is 0. The number of nitrogen functional groups attached to an aromatic ring is 1. The third-order valence-corrected chi connectivity index (χ3v) is 2.18. The smallest absolute Gasteiger partial charge is 0.304 e. The van der Waals surface area contributed by atoms with Crippen molar-refractivity contribution in [1.29, 1.82) is 0 Å². The van der Waals surface area contributed by atoms with Gasteiger partial charge in [-0.3, -0.25) is 19.7 Å². The fourth-order valence-corrected chi connectivity index (χ4v) is 1.29. The second-order valence-electron chi connectivity index (χ2n) is 3.36. The lowest BCUT2D eigenvalue weighted by molar-refractivity contribution is -0.384. The highest BCUT2D eigenvalue weighted by Gasteiger charge is 2.23. The van der Waals surface area contributed by atoms with Crippen LogP contribution in [-0.2, 0) is 4.79 Å². The first-order valence-corrected chi connectivity index (χ1v) is 4.99. The lowest BCUT2D eigenvalue weighted by atomic mass is 10.1. The van der Waals surface area contributed by atoms with E-state index in [0.717, 1.165) is 0 Å². The Morgan fingerprint density at radius 3 is 2.67 bits per heavy atom. The number of nitrogens with zero attached hydrogens (tertiary/aromatic N) is 1. The number of carbonyl (C=O) groups is 2. The van der Waals surface area contributed by atoms with E-state index < -0.39 is 22.4 Å². The van der Waals surface area contributed by atoms with E-state index in [0.29, 0.717) is 0 Å². The van der Waals surface area contributed by atoms with E-state index >= 15 is 0 Å². The zero-order valence-corrected chi connectivity index (χ0v) is 9.60. The molecule has 0 spiro atoms. The molecule has 0 bridgehead atoms. The van der Waals surface area contributed by atoms with Crippen LogP contribution < -0.4 is 16.4 Å². The summed E-state index contributed by atoms with van der Waals surface area (Å²) in [5, 5.41) is 15.4. The molecule has 8 heteroatoms. The quantitative estimate of drug-likeness (QED) is 0.383. The summed E-state index contributed by atoms with van der Waals surface area (Å²) in [6, 6.07) is 4.03. The fourth-order valence-electron chi connectivity index (χ4n) is 1.29. The van der Waals surface area contributed by atoms with Crippen LogP contribution >= 0.6 is 0 Å². The summed E-state index contributed by atoms with van der Waals surface area (Å²) in [4.78, 5) is 32.7. The monoisotopic (exact) mass is 252 g/mol. The summed E-state index contributed by atoms with van der Waals surface area (Å²) in [5.41, 5.74) is 4.69. The Hall–Kier alpha value is -2.64. The van der Waals surface area contributed by atoms with Crippen molar-refractivity contribution >= 4 is 23.2 Å². The normalized spacial score (nSPS) is 9.61. The highest BCUT2D eigenvalue weighted by molar-refractivity contribution is 6.01. The topological polar surface area (TPSA) is 127 Å². The van der Waals surface area contributed by atoms with Gasteiger partial charge in [-0.2, -0.15) is 0 Å². The van der Waals surface area contributed by atoms with Crippen LogP contribution in [0.3, 0.4) is 0 Å². The first-order valence-electron chi connectivity index (χ1n) is 4.99. The number of likely N-dealkylation sites (N-methyl/N-ethyl adjacent to an activating group) is 1. The molecule has 0 radical (unpaired) electrons. The van der Waals surface area contributed by atoms with Gasteiger partial charge < -0.3 is 16.4 Å². The third kappa shape index (κ3) is 2.94. The van der Waals surface area contributed by atoms with Gasteiger partial charge >= 0.3 is 5.69 Å². The minimum Gasteiger partial charge on any atom is -0.393 e. The Morgan fingerprint density at radius 1 is 1.44 bits per heavy atom. The molecule has 0 atom stereocenters. The van der Waals surface area contributed by atoms with Gasteiger partial charge in [-0.1, -0.05) is 6.07 Å². The molecule has 96 valence electrons. The molecule has 0 aromatic heterocycles. The van der Waals surface area contributed by atoms with Crippen LogP contribution in [0.5, 0.6) is 0 Å². The van der Waals surface area contributed by atoms with Crippen LogP contribution in [-0.4, -0.2) is 30.3 Å². The summed E-state index contributed by atoms with van der Waals surface area (Å²) in [7, 11) is 1.41. The van der Waals surface area contributed by atoms with Crippen molar-refractivity contribution in [1.82, 2.24) is 10.6 Å². The Kier molecular flexibility index (Phi) is 4.19. The maximum Gasteiger partial charge on any atom is 0.304 e. The lowest BCUT2D eigenvalue weighted by Crippen LogP contribution is -2.35. The number of carbonyl (C=O) groups excluding carboxylic acids is 2. The van der Waals surface area contributed by atoms with Crippen LogP contribution in [0, 0.1) is 10.1 Å². The second-order valence-corrected chi connectivity index (χ2v) is 3.36. The van der Waals surface area contributed by atoms with Gasteiger partial charge in [-0.15, -0.1) is 0 Å². The highest BCUT2D eigenvalue weighted by atomic mass is 16.6. The molecule has 1 aromatic carbocycles. The Morgan fingerprint density at radius 2 is 2.11 bits per heavy atom. The summed E-state index contributed by atoms with van der Waals surface area (Å²) in [5.74, 6) is -1.13. The van der Waals surface area contributed by atoms with Crippen molar-refractivity contribution < 1.29 is 14.5 Å². The van der Waals surface area contributed by atoms with Crippen LogP contribution in [0.4, 0.5) is 11.4 Å². The van der Waals surface area contributed by atoms with Gasteiger partial charge in [-0.05, 0) is 12.1 Å².